The van der Waals surface area contributed by atoms with Crippen LogP contribution in [-0.2, 0) is 14.8 Å². The second-order valence-electron chi connectivity index (χ2n) is 8.73. The molecule has 0 saturated heterocycles. The normalized spacial score (nSPS) is 18.7. The van der Waals surface area contributed by atoms with Crippen LogP contribution in [0.2, 0.25) is 5.02 Å². The van der Waals surface area contributed by atoms with E-state index in [0.717, 1.165) is 11.1 Å². The first-order valence-corrected chi connectivity index (χ1v) is 13.1. The van der Waals surface area contributed by atoms with E-state index < -0.39 is 21.8 Å². The Morgan fingerprint density at radius 1 is 1.09 bits per heavy atom. The first-order chi connectivity index (χ1) is 16.8. The third-order valence-corrected chi connectivity index (χ3v) is 8.60. The lowest BCUT2D eigenvalue weighted by Gasteiger charge is -2.27. The number of ether oxygens (including phenoxy) is 2. The fourth-order valence-electron chi connectivity index (χ4n) is 4.75. The number of halogens is 2. The monoisotopic (exact) mass is 521 g/mol. The molecular weight excluding hydrogens is 497 g/mol. The molecule has 1 N–H and O–H groups in total. The SMILES string of the molecule is CNCC(C(=O)N1CC2=C(C1)CN(S(=O)(=O)c1ccc3c(c1)OCCO3)C2)c1cccc(Cl)c1F. The zero-order valence-corrected chi connectivity index (χ0v) is 20.7. The zero-order chi connectivity index (χ0) is 24.7. The number of nitrogens with zero attached hydrogens (tertiary/aromatic N) is 2. The molecule has 8 nitrogen and oxygen atoms in total. The highest BCUT2D eigenvalue weighted by atomic mass is 35.5. The predicted octanol–water partition coefficient (Wildman–Crippen LogP) is 2.40. The molecule has 5 rings (SSSR count). The third kappa shape index (κ3) is 4.40. The average molecular weight is 522 g/mol. The van der Waals surface area contributed by atoms with Crippen LogP contribution in [0.25, 0.3) is 0 Å². The summed E-state index contributed by atoms with van der Waals surface area (Å²) in [6.45, 7) is 2.08. The van der Waals surface area contributed by atoms with Crippen LogP contribution < -0.4 is 14.8 Å². The number of fused-ring (bicyclic) bond motifs is 1. The maximum atomic E-state index is 14.7. The third-order valence-electron chi connectivity index (χ3n) is 6.52. The molecule has 1 amide bonds. The molecule has 1 atom stereocenters. The van der Waals surface area contributed by atoms with Crippen molar-refractivity contribution in [1.82, 2.24) is 14.5 Å². The molecule has 0 fully saturated rings. The smallest absolute Gasteiger partial charge is 0.243 e. The standard InChI is InChI=1S/C24H25ClFN3O5S/c1-27-10-19(18-3-2-4-20(25)23(18)26)24(30)28-11-15-13-29(14-16(15)12-28)35(31,32)17-5-6-21-22(9-17)34-8-7-33-21/h2-6,9,19,27H,7-8,10-14H2,1H3. The lowest BCUT2D eigenvalue weighted by atomic mass is 9.96. The molecule has 1 unspecified atom stereocenters. The van der Waals surface area contributed by atoms with Crippen LogP contribution in [0.4, 0.5) is 4.39 Å². The second-order valence-corrected chi connectivity index (χ2v) is 11.1. The van der Waals surface area contributed by atoms with Crippen LogP contribution >= 0.6 is 11.6 Å². The van der Waals surface area contributed by atoms with Gasteiger partial charge in [0.2, 0.25) is 15.9 Å². The van der Waals surface area contributed by atoms with Gasteiger partial charge in [0.1, 0.15) is 19.0 Å². The minimum absolute atomic E-state index is 0.0292. The lowest BCUT2D eigenvalue weighted by molar-refractivity contribution is -0.131. The van der Waals surface area contributed by atoms with Gasteiger partial charge in [-0.15, -0.1) is 0 Å². The fourth-order valence-corrected chi connectivity index (χ4v) is 6.38. The molecule has 2 aromatic carbocycles. The molecule has 35 heavy (non-hydrogen) atoms. The quantitative estimate of drug-likeness (QED) is 0.587. The minimum atomic E-state index is -3.75. The van der Waals surface area contributed by atoms with Gasteiger partial charge in [-0.2, -0.15) is 4.31 Å². The molecule has 0 saturated carbocycles. The number of nitrogens with one attached hydrogen (secondary N) is 1. The Bertz CT molecular complexity index is 1300. The van der Waals surface area contributed by atoms with Gasteiger partial charge in [0.05, 0.1) is 15.8 Å². The summed E-state index contributed by atoms with van der Waals surface area (Å²) in [5, 5.41) is 2.93. The van der Waals surface area contributed by atoms with Crippen molar-refractivity contribution in [3.8, 4) is 11.5 Å². The number of carbonyl (C=O) groups is 1. The first-order valence-electron chi connectivity index (χ1n) is 11.3. The summed E-state index contributed by atoms with van der Waals surface area (Å²) in [5.74, 6) is -0.622. The summed E-state index contributed by atoms with van der Waals surface area (Å²) in [6.07, 6.45) is 0. The fraction of sp³-hybridized carbons (Fsp3) is 0.375. The first kappa shape index (κ1) is 24.1. The number of benzene rings is 2. The van der Waals surface area contributed by atoms with E-state index in [1.54, 1.807) is 30.1 Å². The van der Waals surface area contributed by atoms with Crippen LogP contribution in [0.3, 0.4) is 0 Å². The Kier molecular flexibility index (Phi) is 6.47. The number of amides is 1. The van der Waals surface area contributed by atoms with Gasteiger partial charge in [0.15, 0.2) is 11.5 Å². The van der Waals surface area contributed by atoms with Gasteiger partial charge in [-0.05, 0) is 36.4 Å². The lowest BCUT2D eigenvalue weighted by Crippen LogP contribution is -2.40. The molecule has 3 heterocycles. The van der Waals surface area contributed by atoms with E-state index in [4.69, 9.17) is 21.1 Å². The van der Waals surface area contributed by atoms with Crippen LogP contribution in [0.5, 0.6) is 11.5 Å². The van der Waals surface area contributed by atoms with Gasteiger partial charge in [0, 0.05) is 44.4 Å². The van der Waals surface area contributed by atoms with E-state index in [1.807, 2.05) is 0 Å². The molecular formula is C24H25ClFN3O5S. The van der Waals surface area contributed by atoms with Gasteiger partial charge in [0.25, 0.3) is 0 Å². The summed E-state index contributed by atoms with van der Waals surface area (Å²) in [5.41, 5.74) is 2.04. The molecule has 0 aliphatic carbocycles. The summed E-state index contributed by atoms with van der Waals surface area (Å²) >= 11 is 5.94. The van der Waals surface area contributed by atoms with Crippen molar-refractivity contribution in [1.29, 1.82) is 0 Å². The molecule has 0 spiro atoms. The van der Waals surface area contributed by atoms with E-state index in [9.17, 15) is 17.6 Å². The van der Waals surface area contributed by atoms with E-state index in [0.29, 0.717) is 37.8 Å². The summed E-state index contributed by atoms with van der Waals surface area (Å²) in [6, 6.07) is 9.26. The van der Waals surface area contributed by atoms with E-state index in [1.165, 1.54) is 22.5 Å². The summed E-state index contributed by atoms with van der Waals surface area (Å²) < 4.78 is 53.6. The Balaban J connectivity index is 1.29. The Hall–Kier alpha value is -2.66. The minimum Gasteiger partial charge on any atom is -0.486 e. The van der Waals surface area contributed by atoms with Crippen molar-refractivity contribution in [3.05, 3.63) is 63.9 Å². The highest BCUT2D eigenvalue weighted by Gasteiger charge is 2.39. The van der Waals surface area contributed by atoms with Gasteiger partial charge in [-0.1, -0.05) is 23.7 Å². The highest BCUT2D eigenvalue weighted by molar-refractivity contribution is 7.89. The number of hydrogen-bond donors (Lipinski definition) is 1. The van der Waals surface area contributed by atoms with Gasteiger partial charge in [-0.3, -0.25) is 4.79 Å². The van der Waals surface area contributed by atoms with Gasteiger partial charge >= 0.3 is 0 Å². The van der Waals surface area contributed by atoms with E-state index >= 15 is 0 Å². The summed E-state index contributed by atoms with van der Waals surface area (Å²) in [7, 11) is -2.05. The number of sulfonamides is 1. The van der Waals surface area contributed by atoms with Crippen molar-refractivity contribution in [2.24, 2.45) is 0 Å². The van der Waals surface area contributed by atoms with Crippen LogP contribution in [0, 0.1) is 5.82 Å². The molecule has 3 aliphatic heterocycles. The predicted molar refractivity (Wildman–Crippen MR) is 128 cm³/mol. The molecule has 0 aromatic heterocycles. The number of rotatable bonds is 6. The maximum Gasteiger partial charge on any atom is 0.243 e. The molecule has 186 valence electrons. The average Bonchev–Trinajstić information content (AvgIpc) is 3.44. The van der Waals surface area contributed by atoms with Crippen LogP contribution in [0.15, 0.2) is 52.4 Å². The van der Waals surface area contributed by atoms with Crippen molar-refractivity contribution in [2.45, 2.75) is 10.8 Å². The van der Waals surface area contributed by atoms with Crippen LogP contribution in [-0.4, -0.2) is 76.5 Å². The van der Waals surface area contributed by atoms with Crippen molar-refractivity contribution in [2.75, 3.05) is 53.0 Å². The van der Waals surface area contributed by atoms with E-state index in [2.05, 4.69) is 5.32 Å². The molecule has 2 aromatic rings. The molecule has 0 radical (unpaired) electrons. The molecule has 3 aliphatic rings. The van der Waals surface area contributed by atoms with E-state index in [-0.39, 0.29) is 41.0 Å². The Labute approximate surface area is 208 Å². The largest absolute Gasteiger partial charge is 0.486 e. The second kappa shape index (κ2) is 9.42. The van der Waals surface area contributed by atoms with Gasteiger partial charge < -0.3 is 19.7 Å². The number of likely N-dealkylation sites (N-methyl/N-ethyl adjacent to an activating group) is 1. The zero-order valence-electron chi connectivity index (χ0n) is 19.1. The topological polar surface area (TPSA) is 88.2 Å². The maximum absolute atomic E-state index is 14.7. The number of hydrogen-bond acceptors (Lipinski definition) is 6. The van der Waals surface area contributed by atoms with Crippen molar-refractivity contribution in [3.63, 3.8) is 0 Å². The molecule has 0 bridgehead atoms. The van der Waals surface area contributed by atoms with Gasteiger partial charge in [-0.25, -0.2) is 12.8 Å². The number of carbonyl (C=O) groups excluding carboxylic acids is 1. The highest BCUT2D eigenvalue weighted by Crippen LogP contribution is 2.36. The van der Waals surface area contributed by atoms with Crippen LogP contribution in [0.1, 0.15) is 11.5 Å². The van der Waals surface area contributed by atoms with Crippen molar-refractivity contribution < 1.29 is 27.1 Å². The Morgan fingerprint density at radius 2 is 1.77 bits per heavy atom. The Morgan fingerprint density at radius 3 is 2.46 bits per heavy atom. The molecule has 11 heteroatoms. The summed E-state index contributed by atoms with van der Waals surface area (Å²) in [4.78, 5) is 15.2. The van der Waals surface area contributed by atoms with Crippen molar-refractivity contribution >= 4 is 27.5 Å².